The van der Waals surface area contributed by atoms with Crippen molar-refractivity contribution in [3.63, 3.8) is 0 Å². The first-order valence-corrected chi connectivity index (χ1v) is 11.0. The summed E-state index contributed by atoms with van der Waals surface area (Å²) in [6, 6.07) is 8.57. The SMILES string of the molecule is CCCN1C(=O)c2c(F)cccc2NC1CNc1ncnc(N)c1C(=N)c1ccc(OC)c(F)c1. The molecule has 182 valence electrons. The van der Waals surface area contributed by atoms with Gasteiger partial charge in [0.25, 0.3) is 5.91 Å². The number of halogens is 2. The van der Waals surface area contributed by atoms with E-state index in [0.29, 0.717) is 18.7 Å². The Kier molecular flexibility index (Phi) is 6.76. The second kappa shape index (κ2) is 9.92. The van der Waals surface area contributed by atoms with Gasteiger partial charge < -0.3 is 26.0 Å². The van der Waals surface area contributed by atoms with Crippen LogP contribution >= 0.6 is 0 Å². The van der Waals surface area contributed by atoms with Gasteiger partial charge in [0.2, 0.25) is 0 Å². The average molecular weight is 482 g/mol. The molecule has 9 nitrogen and oxygen atoms in total. The van der Waals surface area contributed by atoms with Gasteiger partial charge in [0.05, 0.1) is 36.2 Å². The van der Waals surface area contributed by atoms with Crippen molar-refractivity contribution in [2.45, 2.75) is 19.5 Å². The van der Waals surface area contributed by atoms with Crippen molar-refractivity contribution in [2.24, 2.45) is 0 Å². The fourth-order valence-electron chi connectivity index (χ4n) is 4.00. The fraction of sp³-hybridized carbons (Fsp3) is 0.250. The van der Waals surface area contributed by atoms with Crippen LogP contribution in [0.5, 0.6) is 5.75 Å². The predicted molar refractivity (Wildman–Crippen MR) is 129 cm³/mol. The highest BCUT2D eigenvalue weighted by Crippen LogP contribution is 2.29. The molecule has 0 radical (unpaired) electrons. The van der Waals surface area contributed by atoms with Crippen molar-refractivity contribution in [3.8, 4) is 5.75 Å². The average Bonchev–Trinajstić information content (AvgIpc) is 2.84. The smallest absolute Gasteiger partial charge is 0.260 e. The molecule has 0 fully saturated rings. The van der Waals surface area contributed by atoms with E-state index >= 15 is 0 Å². The third kappa shape index (κ3) is 4.57. The van der Waals surface area contributed by atoms with E-state index in [0.717, 1.165) is 0 Å². The molecular formula is C24H25F2N7O2. The first kappa shape index (κ1) is 23.9. The number of anilines is 3. The highest BCUT2D eigenvalue weighted by molar-refractivity contribution is 6.16. The first-order chi connectivity index (χ1) is 16.8. The van der Waals surface area contributed by atoms with Gasteiger partial charge in [-0.3, -0.25) is 10.2 Å². The second-order valence-corrected chi connectivity index (χ2v) is 7.91. The molecular weight excluding hydrogens is 456 g/mol. The van der Waals surface area contributed by atoms with Crippen LogP contribution in [0.3, 0.4) is 0 Å². The van der Waals surface area contributed by atoms with Gasteiger partial charge in [0.15, 0.2) is 11.6 Å². The number of nitrogens with zero attached hydrogens (tertiary/aromatic N) is 3. The minimum Gasteiger partial charge on any atom is -0.494 e. The van der Waals surface area contributed by atoms with E-state index in [1.165, 1.54) is 43.8 Å². The molecule has 1 aliphatic rings. The lowest BCUT2D eigenvalue weighted by Gasteiger charge is -2.38. The zero-order valence-electron chi connectivity index (χ0n) is 19.2. The molecule has 3 aromatic rings. The number of fused-ring (bicyclic) bond motifs is 1. The maximum atomic E-state index is 14.3. The topological polar surface area (TPSA) is 129 Å². The molecule has 1 atom stereocenters. The predicted octanol–water partition coefficient (Wildman–Crippen LogP) is 3.48. The highest BCUT2D eigenvalue weighted by Gasteiger charge is 2.33. The van der Waals surface area contributed by atoms with Crippen LogP contribution in [0, 0.1) is 17.0 Å². The summed E-state index contributed by atoms with van der Waals surface area (Å²) in [5.41, 5.74) is 6.84. The third-order valence-corrected chi connectivity index (χ3v) is 5.68. The molecule has 0 saturated heterocycles. The van der Waals surface area contributed by atoms with Gasteiger partial charge in [-0.25, -0.2) is 18.7 Å². The standard InChI is InChI=1S/C24H25F2N7O2/c1-3-9-33-18(32-16-6-4-5-14(25)19(16)24(33)34)11-29-23-20(22(28)30-12-31-23)21(27)13-7-8-17(35-2)15(26)10-13/h4-8,10,12,18,27,32H,3,9,11H2,1-2H3,(H3,28,29,30,31). The zero-order chi connectivity index (χ0) is 25.1. The number of hydrogen-bond donors (Lipinski definition) is 4. The van der Waals surface area contributed by atoms with Gasteiger partial charge >= 0.3 is 0 Å². The van der Waals surface area contributed by atoms with E-state index in [1.54, 1.807) is 11.0 Å². The lowest BCUT2D eigenvalue weighted by molar-refractivity contribution is 0.0688. The number of amides is 1. The summed E-state index contributed by atoms with van der Waals surface area (Å²) in [4.78, 5) is 22.8. The van der Waals surface area contributed by atoms with E-state index in [4.69, 9.17) is 15.9 Å². The zero-order valence-corrected chi connectivity index (χ0v) is 19.2. The van der Waals surface area contributed by atoms with Crippen LogP contribution in [0.1, 0.15) is 34.8 Å². The molecule has 0 bridgehead atoms. The number of rotatable bonds is 8. The van der Waals surface area contributed by atoms with Gasteiger partial charge in [-0.15, -0.1) is 0 Å². The molecule has 35 heavy (non-hydrogen) atoms. The van der Waals surface area contributed by atoms with Crippen LogP contribution in [0.2, 0.25) is 0 Å². The van der Waals surface area contributed by atoms with Crippen LogP contribution in [0.25, 0.3) is 0 Å². The van der Waals surface area contributed by atoms with Gasteiger partial charge in [0.1, 0.15) is 29.9 Å². The molecule has 2 aromatic carbocycles. The van der Waals surface area contributed by atoms with Gasteiger partial charge in [-0.1, -0.05) is 13.0 Å². The number of methoxy groups -OCH3 is 1. The number of ether oxygens (including phenoxy) is 1. The quantitative estimate of drug-likeness (QED) is 0.363. The first-order valence-electron chi connectivity index (χ1n) is 11.0. The molecule has 1 aliphatic heterocycles. The van der Waals surface area contributed by atoms with Gasteiger partial charge in [-0.05, 0) is 36.8 Å². The van der Waals surface area contributed by atoms with Crippen molar-refractivity contribution in [3.05, 3.63) is 71.1 Å². The summed E-state index contributed by atoms with van der Waals surface area (Å²) in [5, 5.41) is 15.0. The molecule has 1 aromatic heterocycles. The Morgan fingerprint density at radius 2 is 2.06 bits per heavy atom. The van der Waals surface area contributed by atoms with Crippen molar-refractivity contribution in [1.82, 2.24) is 14.9 Å². The number of aromatic nitrogens is 2. The van der Waals surface area contributed by atoms with E-state index in [2.05, 4.69) is 20.6 Å². The number of hydrogen-bond acceptors (Lipinski definition) is 8. The molecule has 1 unspecified atom stereocenters. The number of benzene rings is 2. The maximum Gasteiger partial charge on any atom is 0.260 e. The monoisotopic (exact) mass is 481 g/mol. The number of nitrogens with two attached hydrogens (primary N) is 1. The molecule has 0 spiro atoms. The molecule has 5 N–H and O–H groups in total. The maximum absolute atomic E-state index is 14.3. The summed E-state index contributed by atoms with van der Waals surface area (Å²) in [7, 11) is 1.35. The molecule has 2 heterocycles. The lowest BCUT2D eigenvalue weighted by Crippen LogP contribution is -2.52. The Morgan fingerprint density at radius 1 is 1.26 bits per heavy atom. The van der Waals surface area contributed by atoms with Crippen LogP contribution in [0.4, 0.5) is 26.1 Å². The number of carbonyl (C=O) groups excluding carboxylic acids is 1. The number of nitrogens with one attached hydrogen (secondary N) is 3. The summed E-state index contributed by atoms with van der Waals surface area (Å²) >= 11 is 0. The van der Waals surface area contributed by atoms with E-state index in [1.807, 2.05) is 6.92 Å². The molecule has 0 aliphatic carbocycles. The fourth-order valence-corrected chi connectivity index (χ4v) is 4.00. The minimum atomic E-state index is -0.620. The Bertz CT molecular complexity index is 1280. The minimum absolute atomic E-state index is 0.00693. The summed E-state index contributed by atoms with van der Waals surface area (Å²) in [5.74, 6) is -1.28. The van der Waals surface area contributed by atoms with Crippen LogP contribution < -0.4 is 21.1 Å². The third-order valence-electron chi connectivity index (χ3n) is 5.68. The van der Waals surface area contributed by atoms with E-state index < -0.39 is 23.7 Å². The molecule has 0 saturated carbocycles. The van der Waals surface area contributed by atoms with E-state index in [-0.39, 0.29) is 46.3 Å². The molecule has 4 rings (SSSR count). The highest BCUT2D eigenvalue weighted by atomic mass is 19.1. The summed E-state index contributed by atoms with van der Waals surface area (Å²) in [6.07, 6.45) is 1.40. The van der Waals surface area contributed by atoms with Crippen molar-refractivity contribution < 1.29 is 18.3 Å². The van der Waals surface area contributed by atoms with Crippen LogP contribution in [0.15, 0.2) is 42.7 Å². The molecule has 1 amide bonds. The van der Waals surface area contributed by atoms with Gasteiger partial charge in [-0.2, -0.15) is 0 Å². The summed E-state index contributed by atoms with van der Waals surface area (Å²) in [6.45, 7) is 2.51. The Labute approximate surface area is 200 Å². The Balaban J connectivity index is 1.62. The summed E-state index contributed by atoms with van der Waals surface area (Å²) < 4.78 is 33.5. The van der Waals surface area contributed by atoms with Crippen LogP contribution in [-0.4, -0.2) is 52.9 Å². The largest absolute Gasteiger partial charge is 0.494 e. The number of nitrogen functional groups attached to an aromatic ring is 1. The lowest BCUT2D eigenvalue weighted by atomic mass is 10.0. The Hall–Kier alpha value is -4.28. The Morgan fingerprint density at radius 3 is 2.77 bits per heavy atom. The second-order valence-electron chi connectivity index (χ2n) is 7.91. The molecule has 11 heteroatoms. The number of carbonyl (C=O) groups is 1. The van der Waals surface area contributed by atoms with Crippen LogP contribution in [-0.2, 0) is 0 Å². The van der Waals surface area contributed by atoms with E-state index in [9.17, 15) is 13.6 Å². The van der Waals surface area contributed by atoms with Crippen molar-refractivity contribution in [2.75, 3.05) is 36.6 Å². The normalized spacial score (nSPS) is 14.8. The van der Waals surface area contributed by atoms with Gasteiger partial charge in [0, 0.05) is 12.1 Å². The van der Waals surface area contributed by atoms with Crippen molar-refractivity contribution >= 4 is 28.9 Å². The van der Waals surface area contributed by atoms with Crippen molar-refractivity contribution in [1.29, 1.82) is 5.41 Å².